The van der Waals surface area contributed by atoms with E-state index in [1.165, 1.54) is 6.20 Å². The normalized spacial score (nSPS) is 15.7. The number of pyridine rings is 1. The maximum Gasteiger partial charge on any atom is 0.416 e. The second-order valence-corrected chi connectivity index (χ2v) is 7.28. The largest absolute Gasteiger partial charge is 0.477 e. The van der Waals surface area contributed by atoms with Gasteiger partial charge in [0.05, 0.1) is 24.6 Å². The highest BCUT2D eigenvalue weighted by atomic mass is 19.4. The van der Waals surface area contributed by atoms with Crippen molar-refractivity contribution in [2.24, 2.45) is 5.92 Å². The Morgan fingerprint density at radius 2 is 1.90 bits per heavy atom. The number of fused-ring (bicyclic) bond motifs is 1. The molecule has 0 unspecified atom stereocenters. The van der Waals surface area contributed by atoms with Crippen LogP contribution < -0.4 is 9.64 Å². The first-order valence-corrected chi connectivity index (χ1v) is 9.67. The third kappa shape index (κ3) is 5.00. The van der Waals surface area contributed by atoms with Gasteiger partial charge in [0.1, 0.15) is 17.9 Å². The summed E-state index contributed by atoms with van der Waals surface area (Å²) in [5, 5.41) is 3.91. The van der Waals surface area contributed by atoms with Gasteiger partial charge in [-0.1, -0.05) is 0 Å². The Balaban J connectivity index is 1.35. The summed E-state index contributed by atoms with van der Waals surface area (Å²) < 4.78 is 70.4. The third-order valence-electron chi connectivity index (χ3n) is 5.11. The molecule has 0 aliphatic carbocycles. The maximum absolute atomic E-state index is 12.8. The van der Waals surface area contributed by atoms with Gasteiger partial charge in [-0.15, -0.1) is 0 Å². The van der Waals surface area contributed by atoms with Crippen molar-refractivity contribution in [3.05, 3.63) is 36.3 Å². The lowest BCUT2D eigenvalue weighted by Crippen LogP contribution is -2.36. The molecular weight excluding hydrogens is 423 g/mol. The quantitative estimate of drug-likeness (QED) is 0.541. The van der Waals surface area contributed by atoms with Gasteiger partial charge in [-0.25, -0.2) is 28.4 Å². The fourth-order valence-corrected chi connectivity index (χ4v) is 3.45. The number of anilines is 1. The third-order valence-corrected chi connectivity index (χ3v) is 5.11. The maximum atomic E-state index is 12.8. The number of hydrogen-bond donors (Lipinski definition) is 0. The molecule has 0 amide bonds. The zero-order chi connectivity index (χ0) is 22.0. The lowest BCUT2D eigenvalue weighted by atomic mass is 9.98. The monoisotopic (exact) mass is 442 g/mol. The van der Waals surface area contributed by atoms with E-state index in [4.69, 9.17) is 4.74 Å². The van der Waals surface area contributed by atoms with E-state index in [-0.39, 0.29) is 18.4 Å². The van der Waals surface area contributed by atoms with E-state index in [2.05, 4.69) is 20.1 Å². The van der Waals surface area contributed by atoms with Gasteiger partial charge in [-0.3, -0.25) is 0 Å². The molecule has 1 aliphatic rings. The lowest BCUT2D eigenvalue weighted by Gasteiger charge is -2.32. The molecule has 7 nitrogen and oxygen atoms in total. The van der Waals surface area contributed by atoms with Gasteiger partial charge in [0.2, 0.25) is 5.88 Å². The first-order valence-electron chi connectivity index (χ1n) is 9.67. The summed E-state index contributed by atoms with van der Waals surface area (Å²) in [5.41, 5.74) is -0.0486. The summed E-state index contributed by atoms with van der Waals surface area (Å²) in [4.78, 5) is 14.5. The van der Waals surface area contributed by atoms with Gasteiger partial charge in [-0.05, 0) is 24.8 Å². The number of halogens is 5. The smallest absolute Gasteiger partial charge is 0.416 e. The number of nitrogens with zero attached hydrogens (tertiary/aromatic N) is 6. The first-order chi connectivity index (χ1) is 14.8. The average Bonchev–Trinajstić information content (AvgIpc) is 3.14. The van der Waals surface area contributed by atoms with Crippen LogP contribution in [0.4, 0.5) is 27.8 Å². The highest BCUT2D eigenvalue weighted by Crippen LogP contribution is 2.31. The number of hydrogen-bond acceptors (Lipinski definition) is 6. The molecule has 0 bridgehead atoms. The van der Waals surface area contributed by atoms with Gasteiger partial charge >= 0.3 is 6.18 Å². The standard InChI is InChI=1S/C19H19F5N6O/c20-15(21)10-30-18-14(8-27-30)26-9-16(28-18)29-5-2-12(3-6-29)11-31-17-7-13(1-4-25-17)19(22,23)24/h1,4,7-9,12,15H,2-3,5-6,10-11H2. The zero-order valence-electron chi connectivity index (χ0n) is 16.3. The molecular formula is C19H19F5N6O. The molecule has 0 atom stereocenters. The van der Waals surface area contributed by atoms with E-state index in [1.807, 2.05) is 4.90 Å². The van der Waals surface area contributed by atoms with Gasteiger partial charge in [0.15, 0.2) is 5.65 Å². The summed E-state index contributed by atoms with van der Waals surface area (Å²) in [6.45, 7) is 0.971. The fourth-order valence-electron chi connectivity index (χ4n) is 3.45. The number of ether oxygens (including phenoxy) is 1. The van der Waals surface area contributed by atoms with E-state index < -0.39 is 24.7 Å². The second-order valence-electron chi connectivity index (χ2n) is 7.28. The summed E-state index contributed by atoms with van der Waals surface area (Å²) in [7, 11) is 0. The van der Waals surface area contributed by atoms with Gasteiger partial charge < -0.3 is 9.64 Å². The van der Waals surface area contributed by atoms with Crippen LogP contribution in [0.1, 0.15) is 18.4 Å². The minimum absolute atomic E-state index is 0.0548. The Bertz CT molecular complexity index is 1030. The molecule has 0 aromatic carbocycles. The fraction of sp³-hybridized carbons (Fsp3) is 0.474. The van der Waals surface area contributed by atoms with Gasteiger partial charge in [-0.2, -0.15) is 18.3 Å². The molecule has 0 radical (unpaired) electrons. The van der Waals surface area contributed by atoms with E-state index in [1.54, 1.807) is 6.20 Å². The molecule has 166 valence electrons. The highest BCUT2D eigenvalue weighted by molar-refractivity contribution is 5.71. The summed E-state index contributed by atoms with van der Waals surface area (Å²) in [6, 6.07) is 1.79. The highest BCUT2D eigenvalue weighted by Gasteiger charge is 2.31. The van der Waals surface area contributed by atoms with Crippen LogP contribution in [0, 0.1) is 5.92 Å². The molecule has 0 spiro atoms. The number of aromatic nitrogens is 5. The predicted molar refractivity (Wildman–Crippen MR) is 101 cm³/mol. The van der Waals surface area contributed by atoms with Crippen molar-refractivity contribution < 1.29 is 26.7 Å². The molecule has 12 heteroatoms. The van der Waals surface area contributed by atoms with Crippen LogP contribution in [0.2, 0.25) is 0 Å². The minimum atomic E-state index is -4.45. The minimum Gasteiger partial charge on any atom is -0.477 e. The second kappa shape index (κ2) is 8.60. The lowest BCUT2D eigenvalue weighted by molar-refractivity contribution is -0.137. The van der Waals surface area contributed by atoms with E-state index in [0.717, 1.165) is 35.9 Å². The van der Waals surface area contributed by atoms with Crippen molar-refractivity contribution in [2.75, 3.05) is 24.6 Å². The predicted octanol–water partition coefficient (Wildman–Crippen LogP) is 3.80. The van der Waals surface area contributed by atoms with Crippen LogP contribution in [-0.2, 0) is 12.7 Å². The van der Waals surface area contributed by atoms with Crippen molar-refractivity contribution in [3.63, 3.8) is 0 Å². The topological polar surface area (TPSA) is 69.0 Å². The van der Waals surface area contributed by atoms with Gasteiger partial charge in [0, 0.05) is 25.4 Å². The Morgan fingerprint density at radius 3 is 2.61 bits per heavy atom. The van der Waals surface area contributed by atoms with Crippen LogP contribution in [0.25, 0.3) is 11.2 Å². The van der Waals surface area contributed by atoms with E-state index >= 15 is 0 Å². The van der Waals surface area contributed by atoms with Gasteiger partial charge in [0.25, 0.3) is 6.43 Å². The van der Waals surface area contributed by atoms with Crippen molar-refractivity contribution in [1.82, 2.24) is 24.7 Å². The summed E-state index contributed by atoms with van der Waals surface area (Å²) >= 11 is 0. The molecule has 3 aromatic heterocycles. The van der Waals surface area contributed by atoms with Crippen molar-refractivity contribution in [1.29, 1.82) is 0 Å². The Labute approximate surface area is 173 Å². The molecule has 4 heterocycles. The number of alkyl halides is 5. The molecule has 3 aromatic rings. The van der Waals surface area contributed by atoms with Crippen LogP contribution in [0.5, 0.6) is 5.88 Å². The molecule has 1 fully saturated rings. The molecule has 31 heavy (non-hydrogen) atoms. The molecule has 0 saturated carbocycles. The van der Waals surface area contributed by atoms with Crippen LogP contribution in [0.3, 0.4) is 0 Å². The van der Waals surface area contributed by atoms with E-state index in [9.17, 15) is 22.0 Å². The molecule has 1 aliphatic heterocycles. The van der Waals surface area contributed by atoms with Crippen molar-refractivity contribution in [2.45, 2.75) is 32.0 Å². The molecule has 4 rings (SSSR count). The molecule has 0 N–H and O–H groups in total. The SMILES string of the molecule is FC(F)Cn1ncc2ncc(N3CCC(COc4cc(C(F)(F)F)ccn4)CC3)nc21. The Kier molecular flexibility index (Phi) is 5.88. The summed E-state index contributed by atoms with van der Waals surface area (Å²) in [5.74, 6) is 0.664. The van der Waals surface area contributed by atoms with Crippen molar-refractivity contribution >= 4 is 17.0 Å². The van der Waals surface area contributed by atoms with Crippen LogP contribution in [0.15, 0.2) is 30.7 Å². The molecule has 1 saturated heterocycles. The first kappa shape index (κ1) is 21.2. The Morgan fingerprint density at radius 1 is 1.13 bits per heavy atom. The average molecular weight is 442 g/mol. The number of rotatable bonds is 6. The van der Waals surface area contributed by atoms with Crippen molar-refractivity contribution in [3.8, 4) is 5.88 Å². The zero-order valence-corrected chi connectivity index (χ0v) is 16.3. The number of piperidine rings is 1. The summed E-state index contributed by atoms with van der Waals surface area (Å²) in [6.07, 6.45) is -1.46. The Hall–Kier alpha value is -3.05. The van der Waals surface area contributed by atoms with E-state index in [0.29, 0.717) is 30.1 Å². The van der Waals surface area contributed by atoms with Crippen LogP contribution >= 0.6 is 0 Å². The van der Waals surface area contributed by atoms with Crippen LogP contribution in [-0.4, -0.2) is 50.9 Å².